The number of nitrogens with zero attached hydrogens (tertiary/aromatic N) is 1. The first-order valence-electron chi connectivity index (χ1n) is 5.52. The predicted molar refractivity (Wildman–Crippen MR) is 61.5 cm³/mol. The fraction of sp³-hybridized carbons (Fsp3) is 0.462. The maximum Gasteiger partial charge on any atom is 0.117 e. The minimum Gasteiger partial charge on any atom is -0.370 e. The number of nitriles is 1. The fourth-order valence-electron chi connectivity index (χ4n) is 1.86. The SMILES string of the molecule is Cc1ccc(NC(C#N)C2CCC2)cc1. The van der Waals surface area contributed by atoms with Crippen molar-refractivity contribution < 1.29 is 0 Å². The Morgan fingerprint density at radius 1 is 1.33 bits per heavy atom. The smallest absolute Gasteiger partial charge is 0.117 e. The van der Waals surface area contributed by atoms with E-state index in [1.807, 2.05) is 12.1 Å². The van der Waals surface area contributed by atoms with Crippen LogP contribution in [0.4, 0.5) is 5.69 Å². The van der Waals surface area contributed by atoms with Crippen molar-refractivity contribution in [1.29, 1.82) is 5.26 Å². The van der Waals surface area contributed by atoms with E-state index in [4.69, 9.17) is 5.26 Å². The Kier molecular flexibility index (Phi) is 2.91. The molecule has 78 valence electrons. The standard InChI is InChI=1S/C13H16N2/c1-10-5-7-12(8-6-10)15-13(9-14)11-3-2-4-11/h5-8,11,13,15H,2-4H2,1H3. The lowest BCUT2D eigenvalue weighted by Gasteiger charge is -2.30. The van der Waals surface area contributed by atoms with Crippen molar-refractivity contribution in [3.05, 3.63) is 29.8 Å². The van der Waals surface area contributed by atoms with Gasteiger partial charge in [0.15, 0.2) is 0 Å². The van der Waals surface area contributed by atoms with Crippen LogP contribution >= 0.6 is 0 Å². The lowest BCUT2D eigenvalue weighted by Crippen LogP contribution is -2.32. The van der Waals surface area contributed by atoms with E-state index in [0.717, 1.165) is 5.69 Å². The van der Waals surface area contributed by atoms with Crippen molar-refractivity contribution in [1.82, 2.24) is 0 Å². The van der Waals surface area contributed by atoms with Gasteiger partial charge in [-0.15, -0.1) is 0 Å². The van der Waals surface area contributed by atoms with Gasteiger partial charge in [0.05, 0.1) is 6.07 Å². The summed E-state index contributed by atoms with van der Waals surface area (Å²) in [6.07, 6.45) is 3.66. The fourth-order valence-corrected chi connectivity index (χ4v) is 1.86. The third kappa shape index (κ3) is 2.30. The van der Waals surface area contributed by atoms with Crippen LogP contribution in [-0.2, 0) is 0 Å². The van der Waals surface area contributed by atoms with E-state index in [9.17, 15) is 0 Å². The molecule has 1 fully saturated rings. The van der Waals surface area contributed by atoms with Crippen LogP contribution in [0.25, 0.3) is 0 Å². The Morgan fingerprint density at radius 2 is 2.00 bits per heavy atom. The maximum absolute atomic E-state index is 9.06. The van der Waals surface area contributed by atoms with Gasteiger partial charge in [-0.3, -0.25) is 0 Å². The number of rotatable bonds is 3. The molecule has 0 amide bonds. The number of hydrogen-bond acceptors (Lipinski definition) is 2. The first-order chi connectivity index (χ1) is 7.29. The van der Waals surface area contributed by atoms with Gasteiger partial charge in [-0.05, 0) is 37.8 Å². The first kappa shape index (κ1) is 10.0. The van der Waals surface area contributed by atoms with Crippen molar-refractivity contribution in [2.45, 2.75) is 32.2 Å². The molecule has 0 aromatic heterocycles. The second kappa shape index (κ2) is 4.35. The van der Waals surface area contributed by atoms with Gasteiger partial charge in [0.2, 0.25) is 0 Å². The van der Waals surface area contributed by atoms with Crippen LogP contribution in [0, 0.1) is 24.2 Å². The third-order valence-corrected chi connectivity index (χ3v) is 3.13. The molecule has 1 atom stereocenters. The number of benzene rings is 1. The van der Waals surface area contributed by atoms with Gasteiger partial charge in [-0.2, -0.15) is 5.26 Å². The maximum atomic E-state index is 9.06. The number of hydrogen-bond donors (Lipinski definition) is 1. The average molecular weight is 200 g/mol. The molecule has 15 heavy (non-hydrogen) atoms. The number of nitrogens with one attached hydrogen (secondary N) is 1. The summed E-state index contributed by atoms with van der Waals surface area (Å²) in [5.41, 5.74) is 2.30. The molecule has 0 aliphatic heterocycles. The molecule has 1 aliphatic carbocycles. The zero-order chi connectivity index (χ0) is 10.7. The number of aryl methyl sites for hydroxylation is 1. The summed E-state index contributed by atoms with van der Waals surface area (Å²) < 4.78 is 0. The Balaban J connectivity index is 2.00. The van der Waals surface area contributed by atoms with E-state index in [0.29, 0.717) is 5.92 Å². The molecule has 1 saturated carbocycles. The quantitative estimate of drug-likeness (QED) is 0.813. The highest BCUT2D eigenvalue weighted by molar-refractivity contribution is 5.46. The second-order valence-corrected chi connectivity index (χ2v) is 4.31. The van der Waals surface area contributed by atoms with Gasteiger partial charge >= 0.3 is 0 Å². The Morgan fingerprint density at radius 3 is 2.47 bits per heavy atom. The minimum absolute atomic E-state index is 0.0125. The molecule has 1 unspecified atom stereocenters. The highest BCUT2D eigenvalue weighted by Gasteiger charge is 2.26. The summed E-state index contributed by atoms with van der Waals surface area (Å²) in [5, 5.41) is 12.4. The van der Waals surface area contributed by atoms with E-state index in [2.05, 4.69) is 30.4 Å². The predicted octanol–water partition coefficient (Wildman–Crippen LogP) is 3.10. The molecule has 1 N–H and O–H groups in total. The van der Waals surface area contributed by atoms with Gasteiger partial charge < -0.3 is 5.32 Å². The minimum atomic E-state index is -0.0125. The zero-order valence-electron chi connectivity index (χ0n) is 9.03. The summed E-state index contributed by atoms with van der Waals surface area (Å²) >= 11 is 0. The molecule has 1 aromatic carbocycles. The molecule has 0 heterocycles. The van der Waals surface area contributed by atoms with Gasteiger partial charge in [0, 0.05) is 5.69 Å². The molecule has 1 aromatic rings. The van der Waals surface area contributed by atoms with Gasteiger partial charge in [0.25, 0.3) is 0 Å². The van der Waals surface area contributed by atoms with E-state index in [-0.39, 0.29) is 6.04 Å². The molecule has 0 spiro atoms. The summed E-state index contributed by atoms with van der Waals surface area (Å²) in [4.78, 5) is 0. The summed E-state index contributed by atoms with van der Waals surface area (Å²) in [7, 11) is 0. The van der Waals surface area contributed by atoms with E-state index >= 15 is 0 Å². The van der Waals surface area contributed by atoms with Crippen LogP contribution in [0.15, 0.2) is 24.3 Å². The zero-order valence-corrected chi connectivity index (χ0v) is 9.03. The van der Waals surface area contributed by atoms with Crippen LogP contribution in [0.3, 0.4) is 0 Å². The van der Waals surface area contributed by atoms with E-state index in [1.54, 1.807) is 0 Å². The highest BCUT2D eigenvalue weighted by Crippen LogP contribution is 2.30. The summed E-state index contributed by atoms with van der Waals surface area (Å²) in [5.74, 6) is 0.552. The van der Waals surface area contributed by atoms with Crippen molar-refractivity contribution in [3.63, 3.8) is 0 Å². The molecule has 2 rings (SSSR count). The van der Waals surface area contributed by atoms with Crippen LogP contribution in [0.5, 0.6) is 0 Å². The molecule has 2 heteroatoms. The van der Waals surface area contributed by atoms with Gasteiger partial charge in [-0.1, -0.05) is 24.1 Å². The highest BCUT2D eigenvalue weighted by atomic mass is 14.9. The largest absolute Gasteiger partial charge is 0.370 e. The van der Waals surface area contributed by atoms with E-state index in [1.165, 1.54) is 24.8 Å². The molecular formula is C13H16N2. The topological polar surface area (TPSA) is 35.8 Å². The molecule has 0 bridgehead atoms. The summed E-state index contributed by atoms with van der Waals surface area (Å²) in [6, 6.07) is 10.6. The average Bonchev–Trinajstić information content (AvgIpc) is 2.17. The Bertz CT molecular complexity index is 357. The van der Waals surface area contributed by atoms with Crippen molar-refractivity contribution in [3.8, 4) is 6.07 Å². The van der Waals surface area contributed by atoms with Gasteiger partial charge in [-0.25, -0.2) is 0 Å². The molecule has 0 saturated heterocycles. The summed E-state index contributed by atoms with van der Waals surface area (Å²) in [6.45, 7) is 2.07. The van der Waals surface area contributed by atoms with E-state index < -0.39 is 0 Å². The van der Waals surface area contributed by atoms with Crippen molar-refractivity contribution in [2.75, 3.05) is 5.32 Å². The first-order valence-corrected chi connectivity index (χ1v) is 5.52. The Hall–Kier alpha value is -1.49. The second-order valence-electron chi connectivity index (χ2n) is 4.31. The number of anilines is 1. The van der Waals surface area contributed by atoms with Crippen LogP contribution in [0.2, 0.25) is 0 Å². The van der Waals surface area contributed by atoms with Crippen LogP contribution in [0.1, 0.15) is 24.8 Å². The normalized spacial score (nSPS) is 17.6. The molecule has 1 aliphatic rings. The van der Waals surface area contributed by atoms with Crippen LogP contribution < -0.4 is 5.32 Å². The lowest BCUT2D eigenvalue weighted by molar-refractivity contribution is 0.303. The molecular weight excluding hydrogens is 184 g/mol. The van der Waals surface area contributed by atoms with Crippen molar-refractivity contribution in [2.24, 2.45) is 5.92 Å². The monoisotopic (exact) mass is 200 g/mol. The Labute approximate surface area is 90.9 Å². The van der Waals surface area contributed by atoms with Gasteiger partial charge in [0.1, 0.15) is 6.04 Å². The molecule has 0 radical (unpaired) electrons. The molecule has 2 nitrogen and oxygen atoms in total. The third-order valence-electron chi connectivity index (χ3n) is 3.13. The lowest BCUT2D eigenvalue weighted by atomic mass is 9.80. The van der Waals surface area contributed by atoms with Crippen molar-refractivity contribution >= 4 is 5.69 Å². The van der Waals surface area contributed by atoms with Crippen LogP contribution in [-0.4, -0.2) is 6.04 Å².